The van der Waals surface area contributed by atoms with E-state index in [0.29, 0.717) is 0 Å². The molecule has 3 N–H and O–H groups in total. The second-order valence-electron chi connectivity index (χ2n) is 4.28. The molecular formula is C14H17N5. The first-order valence-corrected chi connectivity index (χ1v) is 6.02. The van der Waals surface area contributed by atoms with E-state index in [9.17, 15) is 0 Å². The number of nitrogens with zero attached hydrogens (tertiary/aromatic N) is 3. The third kappa shape index (κ3) is 2.59. The summed E-state index contributed by atoms with van der Waals surface area (Å²) < 4.78 is 0. The van der Waals surface area contributed by atoms with Gasteiger partial charge in [-0.3, -0.25) is 5.01 Å². The second-order valence-corrected chi connectivity index (χ2v) is 4.28. The molecule has 0 saturated heterocycles. The molecule has 5 heteroatoms. The molecule has 2 unspecified atom stereocenters. The Morgan fingerprint density at radius 2 is 2.11 bits per heavy atom. The lowest BCUT2D eigenvalue weighted by Crippen LogP contribution is -2.37. The van der Waals surface area contributed by atoms with E-state index < -0.39 is 0 Å². The van der Waals surface area contributed by atoms with E-state index in [1.807, 2.05) is 37.5 Å². The summed E-state index contributed by atoms with van der Waals surface area (Å²) in [5.74, 6) is 3.17. The van der Waals surface area contributed by atoms with Gasteiger partial charge in [0.1, 0.15) is 12.0 Å². The molecule has 0 fully saturated rings. The summed E-state index contributed by atoms with van der Waals surface area (Å²) in [6, 6.07) is 7.95. The number of likely N-dealkylation sites (N-methyl/N-ethyl adjacent to an activating group) is 1. The molecule has 1 aliphatic rings. The summed E-state index contributed by atoms with van der Waals surface area (Å²) in [6.07, 6.45) is 6.29. The number of para-hydroxylation sites is 2. The summed E-state index contributed by atoms with van der Waals surface area (Å²) in [4.78, 5) is 7.81. The molecule has 98 valence electrons. The summed E-state index contributed by atoms with van der Waals surface area (Å²) in [6.45, 7) is 1.65. The Morgan fingerprint density at radius 3 is 2.68 bits per heavy atom. The Labute approximate surface area is 112 Å². The maximum absolute atomic E-state index is 6.02. The van der Waals surface area contributed by atoms with Gasteiger partial charge in [-0.15, -0.1) is 12.3 Å². The van der Waals surface area contributed by atoms with Crippen LogP contribution in [0, 0.1) is 12.3 Å². The molecule has 2 atom stereocenters. The number of hydrogen-bond acceptors (Lipinski definition) is 4. The molecule has 3 rings (SSSR count). The van der Waals surface area contributed by atoms with Gasteiger partial charge in [0.15, 0.2) is 0 Å². The monoisotopic (exact) mass is 255 g/mol. The quantitative estimate of drug-likeness (QED) is 0.759. The van der Waals surface area contributed by atoms with Crippen molar-refractivity contribution in [1.82, 2.24) is 15.0 Å². The van der Waals surface area contributed by atoms with E-state index in [0.717, 1.165) is 16.9 Å². The van der Waals surface area contributed by atoms with Gasteiger partial charge in [-0.05, 0) is 19.1 Å². The predicted octanol–water partition coefficient (Wildman–Crippen LogP) is 1.50. The zero-order valence-corrected chi connectivity index (χ0v) is 11.0. The minimum absolute atomic E-state index is 0.0393. The highest BCUT2D eigenvalue weighted by Crippen LogP contribution is 2.23. The predicted molar refractivity (Wildman–Crippen MR) is 77.6 cm³/mol. The number of H-pyrrole nitrogens is 1. The standard InChI is InChI=1S/C11H13N5.C3H4/c1-16-10(12)7(6-13-16)11-14-8-4-2-3-5-9(8)15-11;1-3-2/h2-7,10H,12H2,1H3,(H,14,15);1H,2H3. The maximum Gasteiger partial charge on any atom is 0.119 e. The molecule has 0 amide bonds. The second kappa shape index (κ2) is 5.55. The third-order valence-electron chi connectivity index (χ3n) is 2.93. The molecule has 0 spiro atoms. The van der Waals surface area contributed by atoms with Crippen LogP contribution in [0.15, 0.2) is 29.4 Å². The van der Waals surface area contributed by atoms with Crippen LogP contribution in [0.1, 0.15) is 18.7 Å². The smallest absolute Gasteiger partial charge is 0.119 e. The van der Waals surface area contributed by atoms with Crippen LogP contribution in [0.5, 0.6) is 0 Å². The zero-order valence-electron chi connectivity index (χ0n) is 11.0. The lowest BCUT2D eigenvalue weighted by atomic mass is 10.1. The third-order valence-corrected chi connectivity index (χ3v) is 2.93. The lowest BCUT2D eigenvalue weighted by molar-refractivity contribution is 0.274. The van der Waals surface area contributed by atoms with Crippen LogP contribution in [0.3, 0.4) is 0 Å². The Hall–Kier alpha value is -2.32. The van der Waals surface area contributed by atoms with Crippen molar-refractivity contribution in [3.8, 4) is 12.3 Å². The number of fused-ring (bicyclic) bond motifs is 1. The molecule has 1 aliphatic heterocycles. The molecule has 0 radical (unpaired) electrons. The lowest BCUT2D eigenvalue weighted by Gasteiger charge is -2.17. The zero-order chi connectivity index (χ0) is 13.8. The van der Waals surface area contributed by atoms with Gasteiger partial charge in [0.25, 0.3) is 0 Å². The first kappa shape index (κ1) is 13.1. The topological polar surface area (TPSA) is 70.3 Å². The molecule has 5 nitrogen and oxygen atoms in total. The minimum atomic E-state index is -0.138. The van der Waals surface area contributed by atoms with Crippen molar-refractivity contribution in [3.05, 3.63) is 30.1 Å². The van der Waals surface area contributed by atoms with Gasteiger partial charge in [0.05, 0.1) is 17.0 Å². The Morgan fingerprint density at radius 1 is 1.42 bits per heavy atom. The summed E-state index contributed by atoms with van der Waals surface area (Å²) >= 11 is 0. The minimum Gasteiger partial charge on any atom is -0.341 e. The molecule has 1 aromatic heterocycles. The number of aromatic amines is 1. The fraction of sp³-hybridized carbons (Fsp3) is 0.286. The molecular weight excluding hydrogens is 238 g/mol. The van der Waals surface area contributed by atoms with E-state index >= 15 is 0 Å². The number of terminal acetylenes is 1. The van der Waals surface area contributed by atoms with E-state index in [1.165, 1.54) is 0 Å². The molecule has 0 aliphatic carbocycles. The Balaban J connectivity index is 0.000000408. The number of imidazole rings is 1. The molecule has 0 saturated carbocycles. The van der Waals surface area contributed by atoms with Crippen molar-refractivity contribution >= 4 is 17.2 Å². The van der Waals surface area contributed by atoms with Gasteiger partial charge in [-0.1, -0.05) is 12.1 Å². The summed E-state index contributed by atoms with van der Waals surface area (Å²) in [5.41, 5.74) is 8.02. The average Bonchev–Trinajstić information content (AvgIpc) is 2.95. The van der Waals surface area contributed by atoms with Crippen molar-refractivity contribution in [3.63, 3.8) is 0 Å². The summed E-state index contributed by atoms with van der Waals surface area (Å²) in [7, 11) is 1.86. The van der Waals surface area contributed by atoms with Crippen LogP contribution in [0.4, 0.5) is 0 Å². The Bertz CT molecular complexity index is 589. The molecule has 2 heterocycles. The van der Waals surface area contributed by atoms with Crippen LogP contribution in [-0.2, 0) is 0 Å². The van der Waals surface area contributed by atoms with E-state index in [-0.39, 0.29) is 12.1 Å². The number of benzene rings is 1. The highest BCUT2D eigenvalue weighted by atomic mass is 15.5. The van der Waals surface area contributed by atoms with Gasteiger partial charge in [-0.2, -0.15) is 5.10 Å². The number of rotatable bonds is 1. The first-order chi connectivity index (χ1) is 9.17. The normalized spacial score (nSPS) is 21.1. The van der Waals surface area contributed by atoms with Gasteiger partial charge < -0.3 is 10.7 Å². The molecule has 0 bridgehead atoms. The number of nitrogens with two attached hydrogens (primary N) is 1. The number of nitrogens with one attached hydrogen (secondary N) is 1. The van der Waals surface area contributed by atoms with Crippen molar-refractivity contribution in [2.24, 2.45) is 10.8 Å². The SMILES string of the molecule is C#CC.CN1N=CC(c2nc3ccccc3[nH]2)C1N. The van der Waals surface area contributed by atoms with Gasteiger partial charge >= 0.3 is 0 Å². The largest absolute Gasteiger partial charge is 0.341 e. The van der Waals surface area contributed by atoms with Crippen LogP contribution < -0.4 is 5.73 Å². The van der Waals surface area contributed by atoms with Crippen molar-refractivity contribution in [2.45, 2.75) is 19.0 Å². The van der Waals surface area contributed by atoms with Crippen molar-refractivity contribution < 1.29 is 0 Å². The van der Waals surface area contributed by atoms with E-state index in [1.54, 1.807) is 11.9 Å². The fourth-order valence-corrected chi connectivity index (χ4v) is 1.94. The van der Waals surface area contributed by atoms with E-state index in [4.69, 9.17) is 5.73 Å². The number of aromatic nitrogens is 2. The van der Waals surface area contributed by atoms with Gasteiger partial charge in [0.2, 0.25) is 0 Å². The van der Waals surface area contributed by atoms with E-state index in [2.05, 4.69) is 27.4 Å². The maximum atomic E-state index is 6.02. The van der Waals surface area contributed by atoms with Gasteiger partial charge in [-0.25, -0.2) is 4.98 Å². The van der Waals surface area contributed by atoms with Crippen LogP contribution in [0.25, 0.3) is 11.0 Å². The van der Waals surface area contributed by atoms with Crippen molar-refractivity contribution in [1.29, 1.82) is 0 Å². The number of hydrogen-bond donors (Lipinski definition) is 2. The molecule has 19 heavy (non-hydrogen) atoms. The van der Waals surface area contributed by atoms with Gasteiger partial charge in [0, 0.05) is 13.3 Å². The summed E-state index contributed by atoms with van der Waals surface area (Å²) in [5, 5.41) is 5.92. The van der Waals surface area contributed by atoms with Crippen molar-refractivity contribution in [2.75, 3.05) is 7.05 Å². The Kier molecular flexibility index (Phi) is 3.83. The van der Waals surface area contributed by atoms with Crippen LogP contribution >= 0.6 is 0 Å². The fourth-order valence-electron chi connectivity index (χ4n) is 1.94. The highest BCUT2D eigenvalue weighted by Gasteiger charge is 2.28. The average molecular weight is 255 g/mol. The molecule has 2 aromatic rings. The highest BCUT2D eigenvalue weighted by molar-refractivity contribution is 5.77. The van der Waals surface area contributed by atoms with Crippen LogP contribution in [0.2, 0.25) is 0 Å². The van der Waals surface area contributed by atoms with Crippen LogP contribution in [-0.4, -0.2) is 34.4 Å². The first-order valence-electron chi connectivity index (χ1n) is 6.02. The molecule has 1 aromatic carbocycles. The number of hydrazone groups is 1.